The lowest BCUT2D eigenvalue weighted by molar-refractivity contribution is 1.07. The molecule has 3 aromatic rings. The molecule has 0 fully saturated rings. The summed E-state index contributed by atoms with van der Waals surface area (Å²) in [7, 11) is 0. The van der Waals surface area contributed by atoms with E-state index in [0.717, 1.165) is 21.9 Å². The summed E-state index contributed by atoms with van der Waals surface area (Å²) in [6, 6.07) is 6.44. The molecule has 0 radical (unpaired) electrons. The lowest BCUT2D eigenvalue weighted by atomic mass is 10.0. The lowest BCUT2D eigenvalue weighted by Crippen LogP contribution is -1.93. The van der Waals surface area contributed by atoms with Crippen molar-refractivity contribution in [1.29, 1.82) is 0 Å². The molecule has 0 spiro atoms. The number of benzene rings is 1. The van der Waals surface area contributed by atoms with Crippen LogP contribution < -0.4 is 0 Å². The van der Waals surface area contributed by atoms with E-state index in [1.54, 1.807) is 24.2 Å². The number of aryl methyl sites for hydroxylation is 3. The quantitative estimate of drug-likeness (QED) is 0.733. The maximum atomic E-state index is 4.55. The highest BCUT2D eigenvalue weighted by Gasteiger charge is 2.07. The normalized spacial score (nSPS) is 11.2. The second-order valence-electron chi connectivity index (χ2n) is 5.10. The van der Waals surface area contributed by atoms with Gasteiger partial charge in [-0.3, -0.25) is 4.98 Å². The molecule has 3 nitrogen and oxygen atoms in total. The number of aromatic nitrogens is 3. The van der Waals surface area contributed by atoms with Crippen LogP contribution >= 0.6 is 11.8 Å². The zero-order chi connectivity index (χ0) is 14.1. The number of H-pyrrole nitrogens is 1. The summed E-state index contributed by atoms with van der Waals surface area (Å²) in [5, 5.41) is 0.951. The van der Waals surface area contributed by atoms with Crippen LogP contribution in [0.1, 0.15) is 22.3 Å². The molecule has 1 aromatic carbocycles. The molecule has 1 N–H and O–H groups in total. The van der Waals surface area contributed by atoms with E-state index < -0.39 is 0 Å². The Morgan fingerprint density at radius 3 is 2.60 bits per heavy atom. The number of imidazole rings is 1. The van der Waals surface area contributed by atoms with Crippen molar-refractivity contribution >= 4 is 22.8 Å². The molecule has 0 atom stereocenters. The number of aromatic amines is 1. The van der Waals surface area contributed by atoms with Crippen molar-refractivity contribution in [1.82, 2.24) is 15.0 Å². The number of pyridine rings is 1. The van der Waals surface area contributed by atoms with Gasteiger partial charge in [0.1, 0.15) is 5.52 Å². The Bertz CT molecular complexity index is 705. The minimum Gasteiger partial charge on any atom is -0.333 e. The Hall–Kier alpha value is -1.81. The van der Waals surface area contributed by atoms with Gasteiger partial charge in [-0.05, 0) is 43.5 Å². The monoisotopic (exact) mass is 283 g/mol. The van der Waals surface area contributed by atoms with Gasteiger partial charge in [-0.15, -0.1) is 0 Å². The molecular formula is C16H17N3S. The topological polar surface area (TPSA) is 41.6 Å². The molecule has 0 saturated heterocycles. The largest absolute Gasteiger partial charge is 0.333 e. The van der Waals surface area contributed by atoms with Gasteiger partial charge in [0, 0.05) is 11.9 Å². The van der Waals surface area contributed by atoms with Gasteiger partial charge in [0.2, 0.25) is 0 Å². The van der Waals surface area contributed by atoms with Crippen molar-refractivity contribution in [2.75, 3.05) is 0 Å². The van der Waals surface area contributed by atoms with Gasteiger partial charge in [0.05, 0.1) is 11.7 Å². The van der Waals surface area contributed by atoms with E-state index in [9.17, 15) is 0 Å². The molecule has 2 aromatic heterocycles. The fourth-order valence-electron chi connectivity index (χ4n) is 2.48. The van der Waals surface area contributed by atoms with Crippen LogP contribution in [0, 0.1) is 20.8 Å². The Morgan fingerprint density at radius 1 is 1.15 bits per heavy atom. The van der Waals surface area contributed by atoms with Crippen LogP contribution in [0.25, 0.3) is 11.0 Å². The smallest absolute Gasteiger partial charge is 0.166 e. The van der Waals surface area contributed by atoms with E-state index >= 15 is 0 Å². The van der Waals surface area contributed by atoms with Crippen LogP contribution in [0.2, 0.25) is 0 Å². The van der Waals surface area contributed by atoms with E-state index in [1.807, 2.05) is 6.07 Å². The third-order valence-electron chi connectivity index (χ3n) is 3.46. The highest BCUT2D eigenvalue weighted by molar-refractivity contribution is 7.98. The van der Waals surface area contributed by atoms with Gasteiger partial charge in [-0.2, -0.15) is 0 Å². The highest BCUT2D eigenvalue weighted by Crippen LogP contribution is 2.26. The second kappa shape index (κ2) is 5.29. The van der Waals surface area contributed by atoms with Gasteiger partial charge in [-0.1, -0.05) is 29.5 Å². The van der Waals surface area contributed by atoms with Crippen LogP contribution in [0.15, 0.2) is 35.7 Å². The van der Waals surface area contributed by atoms with Gasteiger partial charge in [0.25, 0.3) is 0 Å². The van der Waals surface area contributed by atoms with Gasteiger partial charge in [-0.25, -0.2) is 4.98 Å². The number of hydrogen-bond acceptors (Lipinski definition) is 3. The predicted molar refractivity (Wildman–Crippen MR) is 84.1 cm³/mol. The maximum absolute atomic E-state index is 4.55. The molecular weight excluding hydrogens is 266 g/mol. The van der Waals surface area contributed by atoms with Crippen LogP contribution in [0.3, 0.4) is 0 Å². The van der Waals surface area contributed by atoms with Crippen LogP contribution in [-0.2, 0) is 5.75 Å². The van der Waals surface area contributed by atoms with Gasteiger partial charge < -0.3 is 4.98 Å². The number of nitrogens with one attached hydrogen (secondary N) is 1. The molecule has 3 rings (SSSR count). The second-order valence-corrected chi connectivity index (χ2v) is 6.06. The van der Waals surface area contributed by atoms with E-state index in [-0.39, 0.29) is 0 Å². The van der Waals surface area contributed by atoms with Crippen molar-refractivity contribution in [3.8, 4) is 0 Å². The molecule has 0 saturated carbocycles. The zero-order valence-electron chi connectivity index (χ0n) is 11.9. The van der Waals surface area contributed by atoms with Crippen LogP contribution in [-0.4, -0.2) is 15.0 Å². The Kier molecular flexibility index (Phi) is 3.49. The van der Waals surface area contributed by atoms with E-state index in [1.165, 1.54) is 22.3 Å². The lowest BCUT2D eigenvalue weighted by Gasteiger charge is -2.10. The zero-order valence-corrected chi connectivity index (χ0v) is 12.7. The minimum atomic E-state index is 0.923. The van der Waals surface area contributed by atoms with E-state index in [0.29, 0.717) is 0 Å². The molecule has 0 aliphatic carbocycles. The molecule has 4 heteroatoms. The SMILES string of the molecule is Cc1cc(C)c(CSc2nc3cnccc3[nH]2)c(C)c1. The fourth-order valence-corrected chi connectivity index (χ4v) is 3.56. The molecule has 0 unspecified atom stereocenters. The molecule has 20 heavy (non-hydrogen) atoms. The first kappa shape index (κ1) is 13.2. The first-order valence-corrected chi connectivity index (χ1v) is 7.61. The van der Waals surface area contributed by atoms with Crippen molar-refractivity contribution < 1.29 is 0 Å². The first-order valence-electron chi connectivity index (χ1n) is 6.63. The highest BCUT2D eigenvalue weighted by atomic mass is 32.2. The van der Waals surface area contributed by atoms with Gasteiger partial charge in [0.15, 0.2) is 5.16 Å². The third kappa shape index (κ3) is 2.56. The minimum absolute atomic E-state index is 0.923. The van der Waals surface area contributed by atoms with Crippen molar-refractivity contribution in [3.63, 3.8) is 0 Å². The molecule has 0 aliphatic rings. The molecule has 2 heterocycles. The summed E-state index contributed by atoms with van der Waals surface area (Å²) in [6.45, 7) is 6.50. The third-order valence-corrected chi connectivity index (χ3v) is 4.36. The van der Waals surface area contributed by atoms with Crippen molar-refractivity contribution in [2.24, 2.45) is 0 Å². The fraction of sp³-hybridized carbons (Fsp3) is 0.250. The Labute approximate surface area is 122 Å². The average Bonchev–Trinajstić information content (AvgIpc) is 2.80. The number of fused-ring (bicyclic) bond motifs is 1. The maximum Gasteiger partial charge on any atom is 0.166 e. The molecule has 0 amide bonds. The number of thioether (sulfide) groups is 1. The summed E-state index contributed by atoms with van der Waals surface area (Å²) in [5.74, 6) is 0.936. The summed E-state index contributed by atoms with van der Waals surface area (Å²) in [5.41, 5.74) is 7.40. The number of hydrogen-bond donors (Lipinski definition) is 1. The first-order chi connectivity index (χ1) is 9.63. The van der Waals surface area contributed by atoms with Crippen molar-refractivity contribution in [2.45, 2.75) is 31.7 Å². The standard InChI is InChI=1S/C16H17N3S/c1-10-6-11(2)13(12(3)7-10)9-20-16-18-14-4-5-17-8-15(14)19-16/h4-8H,9H2,1-3H3,(H,18,19). The van der Waals surface area contributed by atoms with Crippen molar-refractivity contribution in [3.05, 3.63) is 52.8 Å². The predicted octanol–water partition coefficient (Wildman–Crippen LogP) is 4.18. The summed E-state index contributed by atoms with van der Waals surface area (Å²) in [4.78, 5) is 12.0. The number of nitrogens with zero attached hydrogens (tertiary/aromatic N) is 2. The Morgan fingerprint density at radius 2 is 1.90 bits per heavy atom. The van der Waals surface area contributed by atoms with Gasteiger partial charge >= 0.3 is 0 Å². The number of rotatable bonds is 3. The average molecular weight is 283 g/mol. The van der Waals surface area contributed by atoms with Crippen LogP contribution in [0.4, 0.5) is 0 Å². The summed E-state index contributed by atoms with van der Waals surface area (Å²) >= 11 is 1.74. The van der Waals surface area contributed by atoms with E-state index in [4.69, 9.17) is 0 Å². The molecule has 0 aliphatic heterocycles. The summed E-state index contributed by atoms with van der Waals surface area (Å²) in [6.07, 6.45) is 3.57. The molecule has 0 bridgehead atoms. The summed E-state index contributed by atoms with van der Waals surface area (Å²) < 4.78 is 0. The molecule has 102 valence electrons. The Balaban J connectivity index is 1.83. The van der Waals surface area contributed by atoms with E-state index in [2.05, 4.69) is 47.9 Å². The van der Waals surface area contributed by atoms with Crippen LogP contribution in [0.5, 0.6) is 0 Å².